The first kappa shape index (κ1) is 23.8. The van der Waals surface area contributed by atoms with Gasteiger partial charge in [0.15, 0.2) is 0 Å². The van der Waals surface area contributed by atoms with Crippen LogP contribution in [0.4, 0.5) is 11.4 Å². The lowest BCUT2D eigenvalue weighted by Gasteiger charge is -2.30. The zero-order chi connectivity index (χ0) is 22.8. The maximum Gasteiger partial charge on any atom is 0.255 e. The van der Waals surface area contributed by atoms with Gasteiger partial charge in [0.25, 0.3) is 11.8 Å². The molecule has 2 aromatic carbocycles. The molecule has 0 spiro atoms. The molecule has 0 aliphatic carbocycles. The highest BCUT2D eigenvalue weighted by Crippen LogP contribution is 2.27. The second kappa shape index (κ2) is 12.3. The van der Waals surface area contributed by atoms with E-state index in [1.165, 1.54) is 31.2 Å². The molecule has 1 heterocycles. The zero-order valence-corrected chi connectivity index (χ0v) is 19.6. The van der Waals surface area contributed by atoms with E-state index < -0.39 is 0 Å². The minimum absolute atomic E-state index is 0.0834. The van der Waals surface area contributed by atoms with E-state index >= 15 is 0 Å². The van der Waals surface area contributed by atoms with Gasteiger partial charge in [0.2, 0.25) is 0 Å². The van der Waals surface area contributed by atoms with Crippen molar-refractivity contribution in [3.05, 3.63) is 59.2 Å². The smallest absolute Gasteiger partial charge is 0.255 e. The number of nitrogens with one attached hydrogen (secondary N) is 2. The lowest BCUT2D eigenvalue weighted by atomic mass is 10.0. The SMILES string of the molecule is CCCCCc1ccc(C(=O)Nc2ccc(N3CCCCC3)c(C(=O)NCCC)c2)cc1. The van der Waals surface area contributed by atoms with Gasteiger partial charge in [-0.25, -0.2) is 0 Å². The molecule has 0 aromatic heterocycles. The molecule has 5 heteroatoms. The first-order chi connectivity index (χ1) is 15.6. The minimum atomic E-state index is -0.157. The lowest BCUT2D eigenvalue weighted by Crippen LogP contribution is -2.33. The third-order valence-electron chi connectivity index (χ3n) is 6.02. The molecule has 172 valence electrons. The number of aryl methyl sites for hydroxylation is 1. The summed E-state index contributed by atoms with van der Waals surface area (Å²) in [5.41, 5.74) is 4.11. The normalized spacial score (nSPS) is 13.6. The number of piperidine rings is 1. The molecule has 0 bridgehead atoms. The topological polar surface area (TPSA) is 61.4 Å². The number of anilines is 2. The number of benzene rings is 2. The Morgan fingerprint density at radius 3 is 2.31 bits per heavy atom. The van der Waals surface area contributed by atoms with Crippen molar-refractivity contribution < 1.29 is 9.59 Å². The van der Waals surface area contributed by atoms with Crippen molar-refractivity contribution in [2.75, 3.05) is 29.9 Å². The van der Waals surface area contributed by atoms with Crippen LogP contribution in [0.25, 0.3) is 0 Å². The highest BCUT2D eigenvalue weighted by Gasteiger charge is 2.19. The van der Waals surface area contributed by atoms with Crippen molar-refractivity contribution >= 4 is 23.2 Å². The molecule has 3 rings (SSSR count). The summed E-state index contributed by atoms with van der Waals surface area (Å²) in [4.78, 5) is 28.0. The van der Waals surface area contributed by atoms with Crippen LogP contribution in [0.5, 0.6) is 0 Å². The summed E-state index contributed by atoms with van der Waals surface area (Å²) in [6.07, 6.45) is 9.05. The largest absolute Gasteiger partial charge is 0.371 e. The summed E-state index contributed by atoms with van der Waals surface area (Å²) in [6, 6.07) is 13.5. The molecule has 1 saturated heterocycles. The molecule has 0 unspecified atom stereocenters. The highest BCUT2D eigenvalue weighted by molar-refractivity contribution is 6.06. The van der Waals surface area contributed by atoms with E-state index in [-0.39, 0.29) is 11.8 Å². The van der Waals surface area contributed by atoms with Gasteiger partial charge in [0.1, 0.15) is 0 Å². The number of amides is 2. The monoisotopic (exact) mass is 435 g/mol. The molecule has 0 saturated carbocycles. The Balaban J connectivity index is 1.73. The number of nitrogens with zero attached hydrogens (tertiary/aromatic N) is 1. The van der Waals surface area contributed by atoms with Crippen molar-refractivity contribution in [1.29, 1.82) is 0 Å². The molecule has 0 atom stereocenters. The summed E-state index contributed by atoms with van der Waals surface area (Å²) in [7, 11) is 0. The molecule has 1 aliphatic rings. The molecule has 2 N–H and O–H groups in total. The number of carbonyl (C=O) groups excluding carboxylic acids is 2. The van der Waals surface area contributed by atoms with Gasteiger partial charge < -0.3 is 15.5 Å². The van der Waals surface area contributed by atoms with Gasteiger partial charge in [-0.05, 0) is 74.4 Å². The van der Waals surface area contributed by atoms with E-state index in [1.807, 2.05) is 49.4 Å². The number of unbranched alkanes of at least 4 members (excludes halogenated alkanes) is 2. The summed E-state index contributed by atoms with van der Waals surface area (Å²) >= 11 is 0. The lowest BCUT2D eigenvalue weighted by molar-refractivity contribution is 0.0952. The van der Waals surface area contributed by atoms with Gasteiger partial charge in [-0.1, -0.05) is 38.8 Å². The van der Waals surface area contributed by atoms with Gasteiger partial charge >= 0.3 is 0 Å². The average molecular weight is 436 g/mol. The van der Waals surface area contributed by atoms with E-state index in [0.29, 0.717) is 23.4 Å². The molecule has 1 aliphatic heterocycles. The summed E-state index contributed by atoms with van der Waals surface area (Å²) < 4.78 is 0. The Bertz CT molecular complexity index is 886. The average Bonchev–Trinajstić information content (AvgIpc) is 2.83. The summed E-state index contributed by atoms with van der Waals surface area (Å²) in [6.45, 7) is 6.80. The third kappa shape index (κ3) is 6.59. The van der Waals surface area contributed by atoms with Crippen molar-refractivity contribution in [3.8, 4) is 0 Å². The van der Waals surface area contributed by atoms with Crippen LogP contribution in [-0.2, 0) is 6.42 Å². The Hall–Kier alpha value is -2.82. The Morgan fingerprint density at radius 2 is 1.62 bits per heavy atom. The summed E-state index contributed by atoms with van der Waals surface area (Å²) in [5, 5.41) is 5.96. The van der Waals surface area contributed by atoms with Crippen molar-refractivity contribution in [1.82, 2.24) is 5.32 Å². The number of rotatable bonds is 10. The van der Waals surface area contributed by atoms with Crippen LogP contribution in [0.2, 0.25) is 0 Å². The second-order valence-corrected chi connectivity index (χ2v) is 8.64. The van der Waals surface area contributed by atoms with Crippen molar-refractivity contribution in [3.63, 3.8) is 0 Å². The van der Waals surface area contributed by atoms with E-state index in [0.717, 1.165) is 44.5 Å². The zero-order valence-electron chi connectivity index (χ0n) is 19.6. The predicted molar refractivity (Wildman–Crippen MR) is 133 cm³/mol. The summed E-state index contributed by atoms with van der Waals surface area (Å²) in [5.74, 6) is -0.240. The van der Waals surface area contributed by atoms with E-state index in [2.05, 4.69) is 22.5 Å². The van der Waals surface area contributed by atoms with Crippen LogP contribution < -0.4 is 15.5 Å². The molecule has 0 radical (unpaired) electrons. The van der Waals surface area contributed by atoms with Crippen LogP contribution in [0.3, 0.4) is 0 Å². The quantitative estimate of drug-likeness (QED) is 0.464. The van der Waals surface area contributed by atoms with Crippen molar-refractivity contribution in [2.45, 2.75) is 65.2 Å². The van der Waals surface area contributed by atoms with Gasteiger partial charge in [-0.15, -0.1) is 0 Å². The first-order valence-electron chi connectivity index (χ1n) is 12.2. The molecular weight excluding hydrogens is 398 g/mol. The maximum absolute atomic E-state index is 12.9. The highest BCUT2D eigenvalue weighted by atomic mass is 16.2. The van der Waals surface area contributed by atoms with E-state index in [1.54, 1.807) is 0 Å². The van der Waals surface area contributed by atoms with Gasteiger partial charge in [0.05, 0.1) is 5.56 Å². The Labute approximate surface area is 192 Å². The second-order valence-electron chi connectivity index (χ2n) is 8.64. The Kier molecular flexibility index (Phi) is 9.14. The fourth-order valence-electron chi connectivity index (χ4n) is 4.15. The molecule has 2 aromatic rings. The standard InChI is InChI=1S/C27H37N3O2/c1-3-5-7-10-21-11-13-22(14-12-21)26(31)29-23-15-16-25(30-18-8-6-9-19-30)24(20-23)27(32)28-17-4-2/h11-16,20H,3-10,17-19H2,1-2H3,(H,28,32)(H,29,31). The van der Waals surface area contributed by atoms with Gasteiger partial charge in [-0.2, -0.15) is 0 Å². The number of hydrogen-bond acceptors (Lipinski definition) is 3. The van der Waals surface area contributed by atoms with Gasteiger partial charge in [-0.3, -0.25) is 9.59 Å². The first-order valence-corrected chi connectivity index (χ1v) is 12.2. The number of hydrogen-bond donors (Lipinski definition) is 2. The fraction of sp³-hybridized carbons (Fsp3) is 0.481. The fourth-order valence-corrected chi connectivity index (χ4v) is 4.15. The van der Waals surface area contributed by atoms with Crippen LogP contribution in [0, 0.1) is 0 Å². The van der Waals surface area contributed by atoms with Crippen molar-refractivity contribution in [2.24, 2.45) is 0 Å². The van der Waals surface area contributed by atoms with Gasteiger partial charge in [0, 0.05) is 36.6 Å². The van der Waals surface area contributed by atoms with Crippen LogP contribution in [0.15, 0.2) is 42.5 Å². The third-order valence-corrected chi connectivity index (χ3v) is 6.02. The van der Waals surface area contributed by atoms with Crippen LogP contribution in [0.1, 0.15) is 85.1 Å². The van der Waals surface area contributed by atoms with E-state index in [4.69, 9.17) is 0 Å². The molecule has 2 amide bonds. The van der Waals surface area contributed by atoms with Crippen LogP contribution in [-0.4, -0.2) is 31.4 Å². The molecule has 1 fully saturated rings. The molecule has 32 heavy (non-hydrogen) atoms. The van der Waals surface area contributed by atoms with Crippen LogP contribution >= 0.6 is 0 Å². The van der Waals surface area contributed by atoms with E-state index in [9.17, 15) is 9.59 Å². The minimum Gasteiger partial charge on any atom is -0.371 e. The molecular formula is C27H37N3O2. The number of carbonyl (C=O) groups is 2. The molecule has 5 nitrogen and oxygen atoms in total. The Morgan fingerprint density at radius 1 is 0.875 bits per heavy atom. The predicted octanol–water partition coefficient (Wildman–Crippen LogP) is 5.80. The maximum atomic E-state index is 12.9.